The summed E-state index contributed by atoms with van der Waals surface area (Å²) in [4.78, 5) is 16.7. The Morgan fingerprint density at radius 3 is 2.89 bits per heavy atom. The number of benzene rings is 2. The fourth-order valence-corrected chi connectivity index (χ4v) is 3.61. The molecule has 0 saturated carbocycles. The standard InChI is InChI=1S/C23H23NO3/c1-16-5-7-17(8-6-16)22-14-20(10-12-26-22)27-23(25)13-18-3-2-4-19-15-24-11-9-21(18)19/h2-9,11,15,20,22H,10,12-14H2,1H3. The average molecular weight is 361 g/mol. The Bertz CT molecular complexity index is 931. The van der Waals surface area contributed by atoms with Gasteiger partial charge >= 0.3 is 5.97 Å². The van der Waals surface area contributed by atoms with Gasteiger partial charge in [-0.2, -0.15) is 0 Å². The van der Waals surface area contributed by atoms with Gasteiger partial charge in [0.2, 0.25) is 0 Å². The van der Waals surface area contributed by atoms with E-state index in [1.165, 1.54) is 5.56 Å². The normalized spacial score (nSPS) is 19.7. The predicted molar refractivity (Wildman–Crippen MR) is 104 cm³/mol. The van der Waals surface area contributed by atoms with E-state index in [1.807, 2.05) is 30.5 Å². The summed E-state index contributed by atoms with van der Waals surface area (Å²) >= 11 is 0. The van der Waals surface area contributed by atoms with E-state index in [0.717, 1.165) is 28.3 Å². The van der Waals surface area contributed by atoms with Crippen LogP contribution in [0.2, 0.25) is 0 Å². The molecule has 1 aliphatic rings. The van der Waals surface area contributed by atoms with Gasteiger partial charge in [-0.25, -0.2) is 0 Å². The molecule has 1 fully saturated rings. The molecule has 2 aromatic carbocycles. The highest BCUT2D eigenvalue weighted by Crippen LogP contribution is 2.30. The highest BCUT2D eigenvalue weighted by atomic mass is 16.6. The quantitative estimate of drug-likeness (QED) is 0.640. The maximum Gasteiger partial charge on any atom is 0.310 e. The maximum absolute atomic E-state index is 12.5. The first-order chi connectivity index (χ1) is 13.2. The van der Waals surface area contributed by atoms with Crippen LogP contribution in [0.25, 0.3) is 10.8 Å². The summed E-state index contributed by atoms with van der Waals surface area (Å²) in [5.74, 6) is -0.186. The molecule has 3 aromatic rings. The van der Waals surface area contributed by atoms with Crippen molar-refractivity contribution < 1.29 is 14.3 Å². The zero-order valence-corrected chi connectivity index (χ0v) is 15.4. The topological polar surface area (TPSA) is 48.4 Å². The molecule has 0 N–H and O–H groups in total. The van der Waals surface area contributed by atoms with Gasteiger partial charge in [-0.1, -0.05) is 48.0 Å². The molecule has 4 nitrogen and oxygen atoms in total. The van der Waals surface area contributed by atoms with E-state index in [2.05, 4.69) is 36.2 Å². The zero-order chi connectivity index (χ0) is 18.6. The van der Waals surface area contributed by atoms with Gasteiger partial charge < -0.3 is 9.47 Å². The van der Waals surface area contributed by atoms with Gasteiger partial charge in [-0.05, 0) is 29.5 Å². The minimum atomic E-state index is -0.186. The van der Waals surface area contributed by atoms with Crippen molar-refractivity contribution in [3.8, 4) is 0 Å². The van der Waals surface area contributed by atoms with Crippen molar-refractivity contribution >= 4 is 16.7 Å². The Labute approximate surface area is 159 Å². The SMILES string of the molecule is Cc1ccc(C2CC(OC(=O)Cc3cccc4cnccc34)CCO2)cc1. The first-order valence-electron chi connectivity index (χ1n) is 9.38. The van der Waals surface area contributed by atoms with E-state index in [1.54, 1.807) is 6.20 Å². The minimum absolute atomic E-state index is 0.0132. The van der Waals surface area contributed by atoms with Gasteiger partial charge in [0.25, 0.3) is 0 Å². The lowest BCUT2D eigenvalue weighted by atomic mass is 9.98. The summed E-state index contributed by atoms with van der Waals surface area (Å²) in [6, 6.07) is 16.2. The number of fused-ring (bicyclic) bond motifs is 1. The van der Waals surface area contributed by atoms with Crippen molar-refractivity contribution in [2.24, 2.45) is 0 Å². The van der Waals surface area contributed by atoms with Crippen molar-refractivity contribution in [2.75, 3.05) is 6.61 Å². The van der Waals surface area contributed by atoms with Crippen LogP contribution in [-0.4, -0.2) is 23.7 Å². The minimum Gasteiger partial charge on any atom is -0.462 e. The molecular weight excluding hydrogens is 338 g/mol. The Morgan fingerprint density at radius 1 is 1.19 bits per heavy atom. The number of aryl methyl sites for hydroxylation is 1. The number of carbonyl (C=O) groups is 1. The lowest BCUT2D eigenvalue weighted by molar-refractivity contribution is -0.155. The number of aromatic nitrogens is 1. The van der Waals surface area contributed by atoms with Gasteiger partial charge in [-0.3, -0.25) is 9.78 Å². The maximum atomic E-state index is 12.5. The van der Waals surface area contributed by atoms with E-state index in [0.29, 0.717) is 13.0 Å². The second kappa shape index (κ2) is 7.89. The molecule has 1 aliphatic heterocycles. The van der Waals surface area contributed by atoms with E-state index in [-0.39, 0.29) is 24.6 Å². The van der Waals surface area contributed by atoms with Gasteiger partial charge in [0.1, 0.15) is 6.10 Å². The number of hydrogen-bond acceptors (Lipinski definition) is 4. The van der Waals surface area contributed by atoms with Crippen LogP contribution in [0, 0.1) is 6.92 Å². The first kappa shape index (κ1) is 17.7. The highest BCUT2D eigenvalue weighted by molar-refractivity contribution is 5.88. The lowest BCUT2D eigenvalue weighted by Gasteiger charge is -2.29. The molecular formula is C23H23NO3. The van der Waals surface area contributed by atoms with Crippen LogP contribution >= 0.6 is 0 Å². The fourth-order valence-electron chi connectivity index (χ4n) is 3.61. The molecule has 27 heavy (non-hydrogen) atoms. The van der Waals surface area contributed by atoms with E-state index < -0.39 is 0 Å². The third-order valence-electron chi connectivity index (χ3n) is 5.09. The van der Waals surface area contributed by atoms with Crippen LogP contribution in [0.3, 0.4) is 0 Å². The van der Waals surface area contributed by atoms with Crippen LogP contribution in [0.4, 0.5) is 0 Å². The third-order valence-corrected chi connectivity index (χ3v) is 5.09. The summed E-state index contributed by atoms with van der Waals surface area (Å²) < 4.78 is 11.7. The Balaban J connectivity index is 1.41. The molecule has 2 heterocycles. The van der Waals surface area contributed by atoms with Crippen LogP contribution in [0.5, 0.6) is 0 Å². The Hall–Kier alpha value is -2.72. The first-order valence-corrected chi connectivity index (χ1v) is 9.38. The van der Waals surface area contributed by atoms with Crippen molar-refractivity contribution in [2.45, 2.75) is 38.4 Å². The lowest BCUT2D eigenvalue weighted by Crippen LogP contribution is -2.29. The Kier molecular flexibility index (Phi) is 5.16. The van der Waals surface area contributed by atoms with Gasteiger partial charge in [-0.15, -0.1) is 0 Å². The van der Waals surface area contributed by atoms with Crippen LogP contribution in [0.1, 0.15) is 35.6 Å². The molecule has 2 unspecified atom stereocenters. The van der Waals surface area contributed by atoms with Gasteiger partial charge in [0.05, 0.1) is 19.1 Å². The molecule has 2 atom stereocenters. The fraction of sp³-hybridized carbons (Fsp3) is 0.304. The summed E-state index contributed by atoms with van der Waals surface area (Å²) in [5.41, 5.74) is 3.34. The number of ether oxygens (including phenoxy) is 2. The van der Waals surface area contributed by atoms with Gasteiger partial charge in [0, 0.05) is 30.6 Å². The molecule has 138 valence electrons. The largest absolute Gasteiger partial charge is 0.462 e. The van der Waals surface area contributed by atoms with Crippen LogP contribution in [-0.2, 0) is 20.7 Å². The number of rotatable bonds is 4. The van der Waals surface area contributed by atoms with Gasteiger partial charge in [0.15, 0.2) is 0 Å². The van der Waals surface area contributed by atoms with Crippen LogP contribution in [0.15, 0.2) is 60.9 Å². The molecule has 0 spiro atoms. The third kappa shape index (κ3) is 4.17. The number of hydrogen-bond donors (Lipinski definition) is 0. The molecule has 0 aliphatic carbocycles. The molecule has 0 bridgehead atoms. The second-order valence-electron chi connectivity index (χ2n) is 7.10. The molecule has 0 radical (unpaired) electrons. The number of nitrogens with zero attached hydrogens (tertiary/aromatic N) is 1. The van der Waals surface area contributed by atoms with Crippen LogP contribution < -0.4 is 0 Å². The molecule has 1 saturated heterocycles. The van der Waals surface area contributed by atoms with E-state index in [9.17, 15) is 4.79 Å². The molecule has 0 amide bonds. The summed E-state index contributed by atoms with van der Waals surface area (Å²) in [5, 5.41) is 2.09. The average Bonchev–Trinajstić information content (AvgIpc) is 2.69. The number of carbonyl (C=O) groups excluding carboxylic acids is 1. The summed E-state index contributed by atoms with van der Waals surface area (Å²) in [6.07, 6.45) is 5.17. The van der Waals surface area contributed by atoms with E-state index >= 15 is 0 Å². The summed E-state index contributed by atoms with van der Waals surface area (Å²) in [6.45, 7) is 2.68. The molecule has 4 rings (SSSR count). The molecule has 4 heteroatoms. The molecule has 1 aromatic heterocycles. The van der Waals surface area contributed by atoms with Crippen molar-refractivity contribution in [3.63, 3.8) is 0 Å². The van der Waals surface area contributed by atoms with Crippen molar-refractivity contribution in [1.29, 1.82) is 0 Å². The predicted octanol–water partition coefficient (Wildman–Crippen LogP) is 4.55. The van der Waals surface area contributed by atoms with Crippen molar-refractivity contribution in [1.82, 2.24) is 4.98 Å². The number of pyridine rings is 1. The van der Waals surface area contributed by atoms with E-state index in [4.69, 9.17) is 9.47 Å². The smallest absolute Gasteiger partial charge is 0.310 e. The highest BCUT2D eigenvalue weighted by Gasteiger charge is 2.26. The summed E-state index contributed by atoms with van der Waals surface area (Å²) in [7, 11) is 0. The number of esters is 1. The zero-order valence-electron chi connectivity index (χ0n) is 15.4. The Morgan fingerprint density at radius 2 is 2.04 bits per heavy atom. The monoisotopic (exact) mass is 361 g/mol. The van der Waals surface area contributed by atoms with Crippen molar-refractivity contribution in [3.05, 3.63) is 77.6 Å². The second-order valence-corrected chi connectivity index (χ2v) is 7.10.